The molecule has 0 aromatic heterocycles. The lowest BCUT2D eigenvalue weighted by molar-refractivity contribution is -0.126. The fourth-order valence-electron chi connectivity index (χ4n) is 2.89. The summed E-state index contributed by atoms with van der Waals surface area (Å²) in [5, 5.41) is 2.85. The number of hydrogen-bond acceptors (Lipinski definition) is 4. The summed E-state index contributed by atoms with van der Waals surface area (Å²) in [6, 6.07) is 4.37. The molecule has 1 aliphatic rings. The Morgan fingerprint density at radius 1 is 1.43 bits per heavy atom. The predicted octanol–water partition coefficient (Wildman–Crippen LogP) is 1.96. The van der Waals surface area contributed by atoms with Gasteiger partial charge in [-0.25, -0.2) is 9.18 Å². The fraction of sp³-hybridized carbons (Fsp3) is 0.529. The first-order chi connectivity index (χ1) is 11.0. The molecule has 1 aliphatic heterocycles. The van der Waals surface area contributed by atoms with Crippen LogP contribution in [-0.4, -0.2) is 43.5 Å². The monoisotopic (exact) mass is 322 g/mol. The molecular weight excluding hydrogens is 299 g/mol. The van der Waals surface area contributed by atoms with Gasteiger partial charge in [-0.1, -0.05) is 6.07 Å². The second kappa shape index (κ2) is 8.06. The third kappa shape index (κ3) is 4.51. The summed E-state index contributed by atoms with van der Waals surface area (Å²) in [6.45, 7) is 4.43. The maximum atomic E-state index is 14.2. The van der Waals surface area contributed by atoms with Gasteiger partial charge >= 0.3 is 5.97 Å². The highest BCUT2D eigenvalue weighted by Crippen LogP contribution is 2.20. The molecule has 1 aromatic carbocycles. The lowest BCUT2D eigenvalue weighted by Crippen LogP contribution is -2.42. The Hall–Kier alpha value is -1.95. The van der Waals surface area contributed by atoms with E-state index < -0.39 is 11.8 Å². The van der Waals surface area contributed by atoms with Crippen molar-refractivity contribution in [2.45, 2.75) is 26.3 Å². The average molecular weight is 322 g/mol. The summed E-state index contributed by atoms with van der Waals surface area (Å²) in [5.74, 6) is -0.947. The largest absolute Gasteiger partial charge is 0.465 e. The van der Waals surface area contributed by atoms with Crippen LogP contribution in [0.15, 0.2) is 18.2 Å². The predicted molar refractivity (Wildman–Crippen MR) is 84.4 cm³/mol. The number of carbonyl (C=O) groups is 2. The van der Waals surface area contributed by atoms with Crippen LogP contribution in [0.1, 0.15) is 35.7 Å². The Morgan fingerprint density at radius 3 is 2.87 bits per heavy atom. The quantitative estimate of drug-likeness (QED) is 0.842. The Bertz CT molecular complexity index is 577. The molecule has 1 atom stereocenters. The third-order valence-corrected chi connectivity index (χ3v) is 4.10. The van der Waals surface area contributed by atoms with Gasteiger partial charge in [-0.15, -0.1) is 0 Å². The summed E-state index contributed by atoms with van der Waals surface area (Å²) >= 11 is 0. The molecule has 1 heterocycles. The number of benzene rings is 1. The minimum absolute atomic E-state index is 0.0406. The molecule has 0 saturated carbocycles. The van der Waals surface area contributed by atoms with Gasteiger partial charge < -0.3 is 10.1 Å². The van der Waals surface area contributed by atoms with E-state index in [1.165, 1.54) is 13.2 Å². The zero-order valence-electron chi connectivity index (χ0n) is 13.6. The van der Waals surface area contributed by atoms with Gasteiger partial charge in [0.15, 0.2) is 0 Å². The molecule has 5 nitrogen and oxygen atoms in total. The maximum absolute atomic E-state index is 14.2. The molecule has 0 unspecified atom stereocenters. The van der Waals surface area contributed by atoms with Gasteiger partial charge in [0.1, 0.15) is 5.82 Å². The summed E-state index contributed by atoms with van der Waals surface area (Å²) < 4.78 is 18.7. The molecule has 126 valence electrons. The number of ether oxygens (including phenoxy) is 1. The van der Waals surface area contributed by atoms with E-state index >= 15 is 0 Å². The van der Waals surface area contributed by atoms with Gasteiger partial charge in [-0.3, -0.25) is 9.69 Å². The SMILES string of the molecule is CCNC(=O)[C@@H]1CCCN(Cc2ccc(C(=O)OC)cc2F)C1. The standard InChI is InChI=1S/C17H23FN2O3/c1-3-19-16(21)14-5-4-8-20(11-14)10-13-7-6-12(9-15(13)18)17(22)23-2/h6-7,9,14H,3-5,8,10-11H2,1-2H3,(H,19,21)/t14-/m1/s1. The van der Waals surface area contributed by atoms with Gasteiger partial charge in [0.2, 0.25) is 5.91 Å². The van der Waals surface area contributed by atoms with Gasteiger partial charge in [-0.05, 0) is 38.4 Å². The first-order valence-electron chi connectivity index (χ1n) is 7.92. The number of methoxy groups -OCH3 is 1. The van der Waals surface area contributed by atoms with Crippen molar-refractivity contribution in [2.24, 2.45) is 5.92 Å². The first kappa shape index (κ1) is 17.4. The van der Waals surface area contributed by atoms with Crippen LogP contribution in [0.4, 0.5) is 4.39 Å². The Kier molecular flexibility index (Phi) is 6.10. The van der Waals surface area contributed by atoms with Gasteiger partial charge in [-0.2, -0.15) is 0 Å². The van der Waals surface area contributed by atoms with Crippen molar-refractivity contribution in [1.29, 1.82) is 0 Å². The van der Waals surface area contributed by atoms with Crippen molar-refractivity contribution in [3.05, 3.63) is 35.1 Å². The fourth-order valence-corrected chi connectivity index (χ4v) is 2.89. The van der Waals surface area contributed by atoms with Gasteiger partial charge in [0, 0.05) is 25.2 Å². The second-order valence-electron chi connectivity index (χ2n) is 5.77. The molecule has 0 spiro atoms. The van der Waals surface area contributed by atoms with Gasteiger partial charge in [0.25, 0.3) is 0 Å². The molecule has 6 heteroatoms. The van der Waals surface area contributed by atoms with Gasteiger partial charge in [0.05, 0.1) is 18.6 Å². The highest BCUT2D eigenvalue weighted by Gasteiger charge is 2.25. The Labute approximate surface area is 135 Å². The number of esters is 1. The van der Waals surface area contributed by atoms with E-state index in [9.17, 15) is 14.0 Å². The van der Waals surface area contributed by atoms with Crippen LogP contribution in [0.5, 0.6) is 0 Å². The lowest BCUT2D eigenvalue weighted by Gasteiger charge is -2.32. The van der Waals surface area contributed by atoms with Crippen LogP contribution < -0.4 is 5.32 Å². The first-order valence-corrected chi connectivity index (χ1v) is 7.92. The Balaban J connectivity index is 2.01. The molecular formula is C17H23FN2O3. The summed E-state index contributed by atoms with van der Waals surface area (Å²) in [4.78, 5) is 25.4. The number of amides is 1. The van der Waals surface area contributed by atoms with E-state index in [0.717, 1.165) is 19.4 Å². The molecule has 1 N–H and O–H groups in total. The van der Waals surface area contributed by atoms with Crippen molar-refractivity contribution in [3.63, 3.8) is 0 Å². The number of nitrogens with one attached hydrogen (secondary N) is 1. The third-order valence-electron chi connectivity index (χ3n) is 4.10. The van der Waals surface area contributed by atoms with E-state index in [1.54, 1.807) is 12.1 Å². The van der Waals surface area contributed by atoms with Crippen molar-refractivity contribution in [3.8, 4) is 0 Å². The highest BCUT2D eigenvalue weighted by atomic mass is 19.1. The summed E-state index contributed by atoms with van der Waals surface area (Å²) in [7, 11) is 1.27. The zero-order valence-corrected chi connectivity index (χ0v) is 13.6. The molecule has 1 amide bonds. The number of likely N-dealkylation sites (tertiary alicyclic amines) is 1. The van der Waals surface area contributed by atoms with Crippen molar-refractivity contribution < 1.29 is 18.7 Å². The van der Waals surface area contributed by atoms with Crippen LogP contribution >= 0.6 is 0 Å². The van der Waals surface area contributed by atoms with Crippen molar-refractivity contribution >= 4 is 11.9 Å². The van der Waals surface area contributed by atoms with Crippen LogP contribution in [0, 0.1) is 11.7 Å². The molecule has 0 radical (unpaired) electrons. The molecule has 1 saturated heterocycles. The van der Waals surface area contributed by atoms with Crippen LogP contribution in [0.25, 0.3) is 0 Å². The minimum atomic E-state index is -0.551. The van der Waals surface area contributed by atoms with E-state index in [1.807, 2.05) is 6.92 Å². The number of carbonyl (C=O) groups excluding carboxylic acids is 2. The zero-order chi connectivity index (χ0) is 16.8. The topological polar surface area (TPSA) is 58.6 Å². The maximum Gasteiger partial charge on any atom is 0.337 e. The molecule has 2 rings (SSSR count). The van der Waals surface area contributed by atoms with E-state index in [0.29, 0.717) is 25.2 Å². The lowest BCUT2D eigenvalue weighted by atomic mass is 9.96. The molecule has 0 bridgehead atoms. The smallest absolute Gasteiger partial charge is 0.337 e. The van der Waals surface area contributed by atoms with Crippen LogP contribution in [0.2, 0.25) is 0 Å². The summed E-state index contributed by atoms with van der Waals surface area (Å²) in [6.07, 6.45) is 1.79. The van der Waals surface area contributed by atoms with Crippen LogP contribution in [0.3, 0.4) is 0 Å². The number of piperidine rings is 1. The van der Waals surface area contributed by atoms with Crippen molar-refractivity contribution in [2.75, 3.05) is 26.7 Å². The van der Waals surface area contributed by atoms with Crippen molar-refractivity contribution in [1.82, 2.24) is 10.2 Å². The van der Waals surface area contributed by atoms with E-state index in [4.69, 9.17) is 0 Å². The number of rotatable bonds is 5. The molecule has 1 fully saturated rings. The number of hydrogen-bond donors (Lipinski definition) is 1. The molecule has 1 aromatic rings. The van der Waals surface area contributed by atoms with Crippen LogP contribution in [-0.2, 0) is 16.1 Å². The number of halogens is 1. The summed E-state index contributed by atoms with van der Waals surface area (Å²) in [5.41, 5.74) is 0.724. The minimum Gasteiger partial charge on any atom is -0.465 e. The van der Waals surface area contributed by atoms with E-state index in [-0.39, 0.29) is 17.4 Å². The highest BCUT2D eigenvalue weighted by molar-refractivity contribution is 5.89. The molecule has 23 heavy (non-hydrogen) atoms. The Morgan fingerprint density at radius 2 is 2.22 bits per heavy atom. The second-order valence-corrected chi connectivity index (χ2v) is 5.77. The normalized spacial score (nSPS) is 18.5. The average Bonchev–Trinajstić information content (AvgIpc) is 2.56. The molecule has 0 aliphatic carbocycles. The number of nitrogens with zero attached hydrogens (tertiary/aromatic N) is 1. The van der Waals surface area contributed by atoms with E-state index in [2.05, 4.69) is 15.0 Å².